The maximum atomic E-state index is 6.10. The summed E-state index contributed by atoms with van der Waals surface area (Å²) in [5, 5.41) is 0. The molecule has 0 amide bonds. The Bertz CT molecular complexity index is 2150. The lowest BCUT2D eigenvalue weighted by Crippen LogP contribution is -2.76. The molecular formula is C53H64O2. The lowest BCUT2D eigenvalue weighted by atomic mass is 9.22. The highest BCUT2D eigenvalue weighted by molar-refractivity contribution is 5.63. The molecule has 2 saturated carbocycles. The molecule has 2 aromatic carbocycles. The fourth-order valence-corrected chi connectivity index (χ4v) is 15.3. The van der Waals surface area contributed by atoms with E-state index in [4.69, 9.17) is 9.47 Å². The molecule has 0 saturated heterocycles. The number of hydrogen-bond donors (Lipinski definition) is 0. The van der Waals surface area contributed by atoms with Crippen molar-refractivity contribution in [3.8, 4) is 11.5 Å². The zero-order valence-electron chi connectivity index (χ0n) is 36.1. The quantitative estimate of drug-likeness (QED) is 0.294. The van der Waals surface area contributed by atoms with E-state index in [1.54, 1.807) is 0 Å². The van der Waals surface area contributed by atoms with Crippen molar-refractivity contribution >= 4 is 0 Å². The molecule has 6 aliphatic carbocycles. The average molecular weight is 733 g/mol. The first-order valence-corrected chi connectivity index (χ1v) is 20.6. The first kappa shape index (κ1) is 37.9. The topological polar surface area (TPSA) is 18.5 Å². The molecule has 55 heavy (non-hydrogen) atoms. The number of allylic oxidation sites excluding steroid dienone is 16. The van der Waals surface area contributed by atoms with Crippen LogP contribution >= 0.6 is 0 Å². The van der Waals surface area contributed by atoms with E-state index in [-0.39, 0.29) is 49.7 Å². The molecule has 2 aromatic rings. The number of methoxy groups -OCH3 is 2. The largest absolute Gasteiger partial charge is 0.496 e. The molecule has 8 rings (SSSR count). The average Bonchev–Trinajstić information content (AvgIpc) is 3.73. The van der Waals surface area contributed by atoms with Crippen LogP contribution in [-0.2, 0) is 5.41 Å². The molecule has 0 aromatic heterocycles. The fourth-order valence-electron chi connectivity index (χ4n) is 15.3. The Hall–Kier alpha value is -4.04. The zero-order valence-corrected chi connectivity index (χ0v) is 36.1. The predicted octanol–water partition coefficient (Wildman–Crippen LogP) is 13.2. The van der Waals surface area contributed by atoms with Gasteiger partial charge < -0.3 is 9.47 Å². The molecule has 9 unspecified atom stereocenters. The van der Waals surface area contributed by atoms with Gasteiger partial charge in [0.15, 0.2) is 0 Å². The van der Waals surface area contributed by atoms with Crippen molar-refractivity contribution < 1.29 is 9.47 Å². The van der Waals surface area contributed by atoms with Gasteiger partial charge in [-0.25, -0.2) is 0 Å². The van der Waals surface area contributed by atoms with Gasteiger partial charge in [-0.05, 0) is 97.1 Å². The molecule has 0 aliphatic heterocycles. The Morgan fingerprint density at radius 2 is 1.02 bits per heavy atom. The molecule has 6 aliphatic rings. The van der Waals surface area contributed by atoms with E-state index >= 15 is 0 Å². The SMILES string of the molecule is COc1c(C)cc(C(C2=CC=CC2)(c2cc(C)c(OC)c(C)c2)C2C3C=CC=C(C)C3(C)C3(C)C4(C)C=CC=CC4(C)C4(C)C=CC=CC4(C)C23C)cc1C. The first-order valence-electron chi connectivity index (χ1n) is 20.6. The Labute approximate surface area is 332 Å². The third kappa shape index (κ3) is 3.89. The standard InChI is InChI=1S/C53H64O2/c1-34-30-40(31-35(2)43(34)54-13)53(39-23-15-16-24-39,41-32-36(3)44(55-14)37(4)33-41)45-42-25-21-22-38(5)50(42,10)52(12)49(9)29-20-18-27-47(49,7)46(6)26-17-19-28-48(46,8)51(45,52)11/h15-23,25-33,42,45H,24H2,1-14H3. The summed E-state index contributed by atoms with van der Waals surface area (Å²) in [4.78, 5) is 0. The van der Waals surface area contributed by atoms with Crippen molar-refractivity contribution in [1.82, 2.24) is 0 Å². The summed E-state index contributed by atoms with van der Waals surface area (Å²) in [5.41, 5.74) is 8.26. The lowest BCUT2D eigenvalue weighted by molar-refractivity contribution is -0.275. The summed E-state index contributed by atoms with van der Waals surface area (Å²) in [6.45, 7) is 30.0. The van der Waals surface area contributed by atoms with Crippen LogP contribution in [0, 0.1) is 77.4 Å². The van der Waals surface area contributed by atoms with E-state index in [0.29, 0.717) is 0 Å². The maximum Gasteiger partial charge on any atom is 0.124 e. The number of hydrogen-bond acceptors (Lipinski definition) is 2. The van der Waals surface area contributed by atoms with Crippen molar-refractivity contribution in [3.63, 3.8) is 0 Å². The molecule has 9 atom stereocenters. The van der Waals surface area contributed by atoms with E-state index in [0.717, 1.165) is 17.9 Å². The van der Waals surface area contributed by atoms with Crippen LogP contribution in [0.1, 0.15) is 95.2 Å². The molecule has 0 heterocycles. The third-order valence-electron chi connectivity index (χ3n) is 18.5. The molecular weight excluding hydrogens is 669 g/mol. The second kappa shape index (κ2) is 11.7. The first-order chi connectivity index (χ1) is 25.9. The van der Waals surface area contributed by atoms with Crippen molar-refractivity contribution in [2.45, 2.75) is 94.9 Å². The van der Waals surface area contributed by atoms with Crippen LogP contribution in [0.2, 0.25) is 0 Å². The molecule has 0 N–H and O–H groups in total. The van der Waals surface area contributed by atoms with Gasteiger partial charge >= 0.3 is 0 Å². The van der Waals surface area contributed by atoms with Crippen LogP contribution < -0.4 is 9.47 Å². The van der Waals surface area contributed by atoms with Crippen LogP contribution in [-0.4, -0.2) is 14.2 Å². The molecule has 2 nitrogen and oxygen atoms in total. The van der Waals surface area contributed by atoms with E-state index in [1.165, 1.54) is 44.5 Å². The van der Waals surface area contributed by atoms with Crippen LogP contribution in [0.3, 0.4) is 0 Å². The van der Waals surface area contributed by atoms with E-state index in [1.807, 2.05) is 14.2 Å². The van der Waals surface area contributed by atoms with Crippen LogP contribution in [0.25, 0.3) is 0 Å². The van der Waals surface area contributed by atoms with Crippen LogP contribution in [0.15, 0.2) is 120 Å². The summed E-state index contributed by atoms with van der Waals surface area (Å²) >= 11 is 0. The molecule has 2 fully saturated rings. The molecule has 0 bridgehead atoms. The second-order valence-corrected chi connectivity index (χ2v) is 19.4. The van der Waals surface area contributed by atoms with Crippen molar-refractivity contribution in [2.24, 2.45) is 49.7 Å². The lowest BCUT2D eigenvalue weighted by Gasteiger charge is -2.80. The minimum absolute atomic E-state index is 0.126. The van der Waals surface area contributed by atoms with Crippen molar-refractivity contribution in [1.29, 1.82) is 0 Å². The Kier molecular flexibility index (Phi) is 8.09. The van der Waals surface area contributed by atoms with Crippen molar-refractivity contribution in [2.75, 3.05) is 14.2 Å². The highest BCUT2D eigenvalue weighted by Gasteiger charge is 2.88. The normalized spacial score (nSPS) is 39.3. The smallest absolute Gasteiger partial charge is 0.124 e. The van der Waals surface area contributed by atoms with Crippen LogP contribution in [0.4, 0.5) is 0 Å². The summed E-state index contributed by atoms with van der Waals surface area (Å²) in [5.74, 6) is 2.28. The van der Waals surface area contributed by atoms with E-state index < -0.39 is 5.41 Å². The van der Waals surface area contributed by atoms with Crippen molar-refractivity contribution in [3.05, 3.63) is 154 Å². The predicted molar refractivity (Wildman–Crippen MR) is 231 cm³/mol. The molecule has 0 radical (unpaired) electrons. The van der Waals surface area contributed by atoms with E-state index in [9.17, 15) is 0 Å². The van der Waals surface area contributed by atoms with Gasteiger partial charge in [-0.15, -0.1) is 0 Å². The molecule has 288 valence electrons. The monoisotopic (exact) mass is 732 g/mol. The Balaban J connectivity index is 1.64. The number of fused-ring (bicyclic) bond motifs is 8. The number of aryl methyl sites for hydroxylation is 4. The van der Waals surface area contributed by atoms with Gasteiger partial charge in [0.05, 0.1) is 14.2 Å². The molecule has 0 spiro atoms. The summed E-state index contributed by atoms with van der Waals surface area (Å²) in [6.07, 6.45) is 35.5. The fraction of sp³-hybridized carbons (Fsp3) is 0.472. The maximum absolute atomic E-state index is 6.10. The number of benzene rings is 2. The second-order valence-electron chi connectivity index (χ2n) is 19.4. The highest BCUT2D eigenvalue weighted by Crippen LogP contribution is 2.92. The number of ether oxygens (including phenoxy) is 2. The Morgan fingerprint density at radius 1 is 0.564 bits per heavy atom. The van der Waals surface area contributed by atoms with Gasteiger partial charge in [0.25, 0.3) is 0 Å². The van der Waals surface area contributed by atoms with Gasteiger partial charge in [-0.1, -0.05) is 169 Å². The van der Waals surface area contributed by atoms with Gasteiger partial charge in [0.2, 0.25) is 0 Å². The molecule has 2 heteroatoms. The van der Waals surface area contributed by atoms with Gasteiger partial charge in [0, 0.05) is 32.5 Å². The summed E-state index contributed by atoms with van der Waals surface area (Å²) in [7, 11) is 3.63. The van der Waals surface area contributed by atoms with Gasteiger partial charge in [0.1, 0.15) is 11.5 Å². The number of rotatable bonds is 6. The van der Waals surface area contributed by atoms with E-state index in [2.05, 4.69) is 192 Å². The highest BCUT2D eigenvalue weighted by atomic mass is 16.5. The minimum Gasteiger partial charge on any atom is -0.496 e. The summed E-state index contributed by atoms with van der Waals surface area (Å²) < 4.78 is 12.2. The minimum atomic E-state index is -0.523. The van der Waals surface area contributed by atoms with Gasteiger partial charge in [-0.3, -0.25) is 0 Å². The summed E-state index contributed by atoms with van der Waals surface area (Å²) in [6, 6.07) is 9.95. The van der Waals surface area contributed by atoms with Crippen LogP contribution in [0.5, 0.6) is 11.5 Å². The third-order valence-corrected chi connectivity index (χ3v) is 18.5. The Morgan fingerprint density at radius 3 is 1.47 bits per heavy atom. The van der Waals surface area contributed by atoms with Gasteiger partial charge in [-0.2, -0.15) is 0 Å². The zero-order chi connectivity index (χ0) is 39.8.